The minimum atomic E-state index is -0.661. The third-order valence-corrected chi connectivity index (χ3v) is 4.52. The summed E-state index contributed by atoms with van der Waals surface area (Å²) in [5.41, 5.74) is 2.10. The zero-order chi connectivity index (χ0) is 17.3. The molecule has 0 bridgehead atoms. The first-order chi connectivity index (χ1) is 12.2. The molecule has 126 valence electrons. The largest absolute Gasteiger partial charge is 0.394 e. The van der Waals surface area contributed by atoms with Gasteiger partial charge in [0.1, 0.15) is 12.7 Å². The minimum absolute atomic E-state index is 0.113. The lowest BCUT2D eigenvalue weighted by atomic mass is 9.96. The quantitative estimate of drug-likeness (QED) is 0.740. The smallest absolute Gasteiger partial charge is 0.253 e. The minimum Gasteiger partial charge on any atom is -0.394 e. The normalized spacial score (nSPS) is 14.9. The summed E-state index contributed by atoms with van der Waals surface area (Å²) < 4.78 is 1.52. The van der Waals surface area contributed by atoms with E-state index in [0.717, 1.165) is 11.1 Å². The van der Waals surface area contributed by atoms with E-state index in [9.17, 15) is 9.90 Å². The van der Waals surface area contributed by atoms with Crippen molar-refractivity contribution in [3.05, 3.63) is 71.9 Å². The van der Waals surface area contributed by atoms with Gasteiger partial charge >= 0.3 is 0 Å². The lowest BCUT2D eigenvalue weighted by Crippen LogP contribution is -2.52. The topological polar surface area (TPSA) is 92.9 Å². The monoisotopic (exact) mass is 335 g/mol. The summed E-state index contributed by atoms with van der Waals surface area (Å²) in [4.78, 5) is 20.7. The average Bonchev–Trinajstić information content (AvgIpc) is 3.29. The van der Waals surface area contributed by atoms with Crippen LogP contribution in [0.4, 0.5) is 0 Å². The molecule has 7 heteroatoms. The molecule has 0 fully saturated rings. The SMILES string of the molecule is O=C(NC1(CO)Cc2ccccc2C1)c1ccc(-n2cncn2)nc1. The predicted octanol–water partition coefficient (Wildman–Crippen LogP) is 0.922. The highest BCUT2D eigenvalue weighted by atomic mass is 16.3. The number of aliphatic hydroxyl groups is 1. The Bertz CT molecular complexity index is 865. The second kappa shape index (κ2) is 6.10. The number of hydrogen-bond acceptors (Lipinski definition) is 5. The molecule has 1 aliphatic carbocycles. The van der Waals surface area contributed by atoms with Crippen LogP contribution in [0, 0.1) is 0 Å². The molecule has 0 aliphatic heterocycles. The maximum Gasteiger partial charge on any atom is 0.253 e. The molecule has 0 spiro atoms. The van der Waals surface area contributed by atoms with Crippen molar-refractivity contribution in [3.63, 3.8) is 0 Å². The third-order valence-electron chi connectivity index (χ3n) is 4.52. The van der Waals surface area contributed by atoms with E-state index in [-0.39, 0.29) is 12.5 Å². The number of fused-ring (bicyclic) bond motifs is 1. The summed E-state index contributed by atoms with van der Waals surface area (Å²) in [6.07, 6.45) is 5.70. The summed E-state index contributed by atoms with van der Waals surface area (Å²) in [5, 5.41) is 16.9. The summed E-state index contributed by atoms with van der Waals surface area (Å²) in [6, 6.07) is 11.4. The number of aliphatic hydroxyl groups excluding tert-OH is 1. The number of nitrogens with zero attached hydrogens (tertiary/aromatic N) is 4. The summed E-state index contributed by atoms with van der Waals surface area (Å²) in [7, 11) is 0. The van der Waals surface area contributed by atoms with Crippen molar-refractivity contribution in [1.29, 1.82) is 0 Å². The van der Waals surface area contributed by atoms with Crippen molar-refractivity contribution in [1.82, 2.24) is 25.1 Å². The van der Waals surface area contributed by atoms with Gasteiger partial charge in [0, 0.05) is 6.20 Å². The molecule has 1 amide bonds. The molecule has 2 N–H and O–H groups in total. The van der Waals surface area contributed by atoms with Crippen molar-refractivity contribution in [2.45, 2.75) is 18.4 Å². The zero-order valence-electron chi connectivity index (χ0n) is 13.5. The molecule has 0 radical (unpaired) electrons. The van der Waals surface area contributed by atoms with E-state index >= 15 is 0 Å². The van der Waals surface area contributed by atoms with Crippen molar-refractivity contribution in [2.24, 2.45) is 0 Å². The molecular weight excluding hydrogens is 318 g/mol. The van der Waals surface area contributed by atoms with E-state index in [2.05, 4.69) is 20.4 Å². The fourth-order valence-electron chi connectivity index (χ4n) is 3.23. The number of hydrogen-bond donors (Lipinski definition) is 2. The van der Waals surface area contributed by atoms with Crippen molar-refractivity contribution in [2.75, 3.05) is 6.61 Å². The van der Waals surface area contributed by atoms with Crippen LogP contribution in [0.2, 0.25) is 0 Å². The number of carbonyl (C=O) groups excluding carboxylic acids is 1. The Morgan fingerprint density at radius 3 is 2.52 bits per heavy atom. The third kappa shape index (κ3) is 2.89. The van der Waals surface area contributed by atoms with Crippen molar-refractivity contribution in [3.8, 4) is 5.82 Å². The van der Waals surface area contributed by atoms with Gasteiger partial charge in [0.05, 0.1) is 17.7 Å². The number of carbonyl (C=O) groups is 1. The molecule has 4 rings (SSSR count). The first-order valence-corrected chi connectivity index (χ1v) is 8.00. The number of amides is 1. The maximum atomic E-state index is 12.6. The Hall–Kier alpha value is -3.06. The van der Waals surface area contributed by atoms with Gasteiger partial charge in [-0.1, -0.05) is 24.3 Å². The Morgan fingerprint density at radius 1 is 1.20 bits per heavy atom. The Labute approximate surface area is 144 Å². The van der Waals surface area contributed by atoms with Crippen LogP contribution >= 0.6 is 0 Å². The second-order valence-electron chi connectivity index (χ2n) is 6.26. The highest BCUT2D eigenvalue weighted by Crippen LogP contribution is 2.30. The first kappa shape index (κ1) is 15.5. The molecule has 0 saturated carbocycles. The number of nitrogens with one attached hydrogen (secondary N) is 1. The van der Waals surface area contributed by atoms with E-state index in [1.54, 1.807) is 18.5 Å². The van der Waals surface area contributed by atoms with E-state index < -0.39 is 5.54 Å². The Morgan fingerprint density at radius 2 is 1.96 bits per heavy atom. The standard InChI is InChI=1S/C18H17N5O2/c24-10-18(7-13-3-1-2-4-14(13)8-18)22-17(25)15-5-6-16(20-9-15)23-12-19-11-21-23/h1-6,9,11-12,24H,7-8,10H2,(H,22,25). The van der Waals surface area contributed by atoms with Gasteiger partial charge in [-0.3, -0.25) is 4.79 Å². The fourth-order valence-corrected chi connectivity index (χ4v) is 3.23. The van der Waals surface area contributed by atoms with Crippen LogP contribution in [0.3, 0.4) is 0 Å². The van der Waals surface area contributed by atoms with Crippen molar-refractivity contribution < 1.29 is 9.90 Å². The van der Waals surface area contributed by atoms with Crippen LogP contribution in [-0.2, 0) is 12.8 Å². The van der Waals surface area contributed by atoms with Gasteiger partial charge in [-0.15, -0.1) is 0 Å². The molecule has 2 heterocycles. The van der Waals surface area contributed by atoms with Gasteiger partial charge in [-0.25, -0.2) is 14.6 Å². The molecule has 2 aromatic heterocycles. The number of benzene rings is 1. The second-order valence-corrected chi connectivity index (χ2v) is 6.26. The van der Waals surface area contributed by atoms with Gasteiger partial charge in [0.25, 0.3) is 5.91 Å². The van der Waals surface area contributed by atoms with Gasteiger partial charge in [-0.2, -0.15) is 5.10 Å². The molecule has 0 atom stereocenters. The zero-order valence-corrected chi connectivity index (χ0v) is 13.5. The number of aromatic nitrogens is 4. The lowest BCUT2D eigenvalue weighted by molar-refractivity contribution is 0.0842. The molecule has 3 aromatic rings. The van der Waals surface area contributed by atoms with Gasteiger partial charge in [0.2, 0.25) is 0 Å². The maximum absolute atomic E-state index is 12.6. The van der Waals surface area contributed by atoms with Crippen LogP contribution in [0.1, 0.15) is 21.5 Å². The van der Waals surface area contributed by atoms with Crippen molar-refractivity contribution >= 4 is 5.91 Å². The molecule has 0 saturated heterocycles. The highest BCUT2D eigenvalue weighted by Gasteiger charge is 2.38. The molecular formula is C18H17N5O2. The predicted molar refractivity (Wildman–Crippen MR) is 90.3 cm³/mol. The Kier molecular flexibility index (Phi) is 3.77. The van der Waals surface area contributed by atoms with Crippen LogP contribution in [0.25, 0.3) is 5.82 Å². The Balaban J connectivity index is 1.52. The number of pyridine rings is 1. The lowest BCUT2D eigenvalue weighted by Gasteiger charge is -2.28. The van der Waals surface area contributed by atoms with E-state index in [1.165, 1.54) is 17.2 Å². The first-order valence-electron chi connectivity index (χ1n) is 8.00. The molecule has 0 unspecified atom stereocenters. The summed E-state index contributed by atoms with van der Waals surface area (Å²) in [6.45, 7) is -0.113. The average molecular weight is 335 g/mol. The van der Waals surface area contributed by atoms with Crippen LogP contribution in [0.15, 0.2) is 55.2 Å². The highest BCUT2D eigenvalue weighted by molar-refractivity contribution is 5.94. The summed E-state index contributed by atoms with van der Waals surface area (Å²) in [5.74, 6) is 0.332. The van der Waals surface area contributed by atoms with Gasteiger partial charge in [-0.05, 0) is 36.1 Å². The molecule has 25 heavy (non-hydrogen) atoms. The fraction of sp³-hybridized carbons (Fsp3) is 0.222. The van der Waals surface area contributed by atoms with E-state index in [0.29, 0.717) is 24.2 Å². The molecule has 7 nitrogen and oxygen atoms in total. The summed E-state index contributed by atoms with van der Waals surface area (Å²) >= 11 is 0. The number of rotatable bonds is 4. The molecule has 1 aromatic carbocycles. The molecule has 1 aliphatic rings. The van der Waals surface area contributed by atoms with Gasteiger partial charge < -0.3 is 10.4 Å². The van der Waals surface area contributed by atoms with Crippen LogP contribution in [-0.4, -0.2) is 42.9 Å². The van der Waals surface area contributed by atoms with E-state index in [1.807, 2.05) is 24.3 Å². The van der Waals surface area contributed by atoms with Gasteiger partial charge in [0.15, 0.2) is 5.82 Å². The van der Waals surface area contributed by atoms with E-state index in [4.69, 9.17) is 0 Å². The van der Waals surface area contributed by atoms with Crippen LogP contribution in [0.5, 0.6) is 0 Å². The van der Waals surface area contributed by atoms with Crippen LogP contribution < -0.4 is 5.32 Å².